The van der Waals surface area contributed by atoms with Crippen LogP contribution < -0.4 is 20.3 Å². The van der Waals surface area contributed by atoms with Gasteiger partial charge in [-0.15, -0.1) is 0 Å². The summed E-state index contributed by atoms with van der Waals surface area (Å²) >= 11 is 0. The molecule has 2 heterocycles. The predicted molar refractivity (Wildman–Crippen MR) is 119 cm³/mol. The number of nitrogens with zero attached hydrogens (tertiary/aromatic N) is 2. The van der Waals surface area contributed by atoms with Crippen LogP contribution in [-0.2, 0) is 20.7 Å². The van der Waals surface area contributed by atoms with Gasteiger partial charge < -0.3 is 25.0 Å². The van der Waals surface area contributed by atoms with Gasteiger partial charge >= 0.3 is 0 Å². The van der Waals surface area contributed by atoms with Crippen LogP contribution in [0, 0.1) is 11.3 Å². The van der Waals surface area contributed by atoms with Crippen LogP contribution in [0.3, 0.4) is 0 Å². The average molecular weight is 434 g/mol. The molecule has 1 unspecified atom stereocenters. The number of likely N-dealkylation sites (N-methyl/N-ethyl adjacent to an activating group) is 1. The van der Waals surface area contributed by atoms with Crippen LogP contribution in [0.4, 0.5) is 5.69 Å². The topological polar surface area (TPSA) is 104 Å². The van der Waals surface area contributed by atoms with Crippen molar-refractivity contribution in [2.45, 2.75) is 25.0 Å². The third-order valence-electron chi connectivity index (χ3n) is 5.68. The lowest BCUT2D eigenvalue weighted by Crippen LogP contribution is -2.46. The molecule has 0 saturated carbocycles. The molecule has 0 aromatic heterocycles. The van der Waals surface area contributed by atoms with Gasteiger partial charge in [-0.1, -0.05) is 30.3 Å². The van der Waals surface area contributed by atoms with Gasteiger partial charge in [0.1, 0.15) is 17.9 Å². The highest BCUT2D eigenvalue weighted by Crippen LogP contribution is 2.35. The van der Waals surface area contributed by atoms with E-state index in [1.54, 1.807) is 11.9 Å². The molecule has 2 N–H and O–H groups in total. The minimum atomic E-state index is -0.638. The van der Waals surface area contributed by atoms with E-state index in [9.17, 15) is 14.9 Å². The standard InChI is InChI=1S/C24H26N4O4/c1-28-20-12-18(7-8-21(20)32-15-23(28)29)17-5-3-16(4-6-17)11-19(13-25)27-24(30)22-14-26-9-2-10-31-22/h3-8,12,19,22,26H,2,9-11,14-15H2,1H3,(H,27,30)/t19-,22?/m0/s1. The number of amides is 2. The molecule has 0 radical (unpaired) electrons. The van der Waals surface area contributed by atoms with E-state index < -0.39 is 12.1 Å². The first kappa shape index (κ1) is 21.8. The maximum atomic E-state index is 12.5. The Hall–Kier alpha value is -3.41. The molecular weight excluding hydrogens is 408 g/mol. The molecule has 8 nitrogen and oxygen atoms in total. The molecule has 8 heteroatoms. The van der Waals surface area contributed by atoms with Crippen molar-refractivity contribution in [3.63, 3.8) is 0 Å². The summed E-state index contributed by atoms with van der Waals surface area (Å²) < 4.78 is 11.0. The summed E-state index contributed by atoms with van der Waals surface area (Å²) in [5.74, 6) is 0.338. The number of benzene rings is 2. The molecule has 1 saturated heterocycles. The van der Waals surface area contributed by atoms with Crippen LogP contribution in [0.2, 0.25) is 0 Å². The number of carbonyl (C=O) groups is 2. The second kappa shape index (κ2) is 9.81. The van der Waals surface area contributed by atoms with Gasteiger partial charge in [0.15, 0.2) is 6.61 Å². The summed E-state index contributed by atoms with van der Waals surface area (Å²) in [6.07, 6.45) is 0.688. The number of ether oxygens (including phenoxy) is 2. The monoisotopic (exact) mass is 434 g/mol. The summed E-state index contributed by atoms with van der Waals surface area (Å²) in [6, 6.07) is 15.1. The lowest BCUT2D eigenvalue weighted by atomic mass is 10.00. The smallest absolute Gasteiger partial charge is 0.264 e. The van der Waals surface area contributed by atoms with E-state index in [0.29, 0.717) is 25.3 Å². The number of nitrogens with one attached hydrogen (secondary N) is 2. The molecule has 2 aromatic rings. The number of anilines is 1. The van der Waals surface area contributed by atoms with Crippen LogP contribution >= 0.6 is 0 Å². The van der Waals surface area contributed by atoms with E-state index in [4.69, 9.17) is 9.47 Å². The highest BCUT2D eigenvalue weighted by atomic mass is 16.5. The van der Waals surface area contributed by atoms with Crippen molar-refractivity contribution in [2.24, 2.45) is 0 Å². The number of fused-ring (bicyclic) bond motifs is 1. The molecule has 0 aliphatic carbocycles. The number of hydrogen-bond acceptors (Lipinski definition) is 6. The number of hydrogen-bond donors (Lipinski definition) is 2. The first-order valence-corrected chi connectivity index (χ1v) is 10.7. The first-order chi connectivity index (χ1) is 15.5. The molecule has 2 atom stereocenters. The highest BCUT2D eigenvalue weighted by Gasteiger charge is 2.24. The quantitative estimate of drug-likeness (QED) is 0.742. The van der Waals surface area contributed by atoms with Crippen molar-refractivity contribution < 1.29 is 19.1 Å². The third-order valence-corrected chi connectivity index (χ3v) is 5.68. The Morgan fingerprint density at radius 2 is 2.06 bits per heavy atom. The van der Waals surface area contributed by atoms with Crippen LogP contribution in [0.1, 0.15) is 12.0 Å². The predicted octanol–water partition coefficient (Wildman–Crippen LogP) is 1.64. The maximum Gasteiger partial charge on any atom is 0.264 e. The average Bonchev–Trinajstić information content (AvgIpc) is 3.11. The zero-order chi connectivity index (χ0) is 22.5. The minimum Gasteiger partial charge on any atom is -0.482 e. The highest BCUT2D eigenvalue weighted by molar-refractivity contribution is 5.98. The third kappa shape index (κ3) is 4.90. The fourth-order valence-corrected chi connectivity index (χ4v) is 3.80. The second-order valence-corrected chi connectivity index (χ2v) is 7.93. The van der Waals surface area contributed by atoms with Crippen molar-refractivity contribution in [1.29, 1.82) is 5.26 Å². The van der Waals surface area contributed by atoms with Crippen LogP contribution in [-0.4, -0.2) is 57.3 Å². The van der Waals surface area contributed by atoms with E-state index in [2.05, 4.69) is 16.7 Å². The molecule has 2 amide bonds. The van der Waals surface area contributed by atoms with E-state index in [1.165, 1.54) is 0 Å². The van der Waals surface area contributed by atoms with E-state index in [1.807, 2.05) is 42.5 Å². The van der Waals surface area contributed by atoms with Crippen molar-refractivity contribution in [1.82, 2.24) is 10.6 Å². The fourth-order valence-electron chi connectivity index (χ4n) is 3.80. The lowest BCUT2D eigenvalue weighted by Gasteiger charge is -2.26. The van der Waals surface area contributed by atoms with Crippen molar-refractivity contribution in [3.8, 4) is 22.9 Å². The molecular formula is C24H26N4O4. The van der Waals surface area contributed by atoms with E-state index in [-0.39, 0.29) is 18.4 Å². The Labute approximate surface area is 187 Å². The van der Waals surface area contributed by atoms with E-state index in [0.717, 1.165) is 35.3 Å². The van der Waals surface area contributed by atoms with Gasteiger partial charge in [0.05, 0.1) is 11.8 Å². The fraction of sp³-hybridized carbons (Fsp3) is 0.375. The van der Waals surface area contributed by atoms with Gasteiger partial charge in [0.25, 0.3) is 11.8 Å². The molecule has 2 aromatic carbocycles. The maximum absolute atomic E-state index is 12.5. The van der Waals surface area contributed by atoms with Crippen LogP contribution in [0.25, 0.3) is 11.1 Å². The Balaban J connectivity index is 1.41. The second-order valence-electron chi connectivity index (χ2n) is 7.93. The summed E-state index contributed by atoms with van der Waals surface area (Å²) in [4.78, 5) is 26.0. The first-order valence-electron chi connectivity index (χ1n) is 10.7. The summed E-state index contributed by atoms with van der Waals surface area (Å²) in [5.41, 5.74) is 3.63. The van der Waals surface area contributed by atoms with Gasteiger partial charge in [0, 0.05) is 26.6 Å². The van der Waals surface area contributed by atoms with Gasteiger partial charge in [-0.25, -0.2) is 0 Å². The molecule has 0 bridgehead atoms. The van der Waals surface area contributed by atoms with E-state index >= 15 is 0 Å². The number of carbonyl (C=O) groups excluding carboxylic acids is 2. The minimum absolute atomic E-state index is 0.0531. The number of rotatable bonds is 5. The normalized spacial score (nSPS) is 19.2. The molecule has 166 valence electrons. The van der Waals surface area contributed by atoms with Gasteiger partial charge in [0.2, 0.25) is 0 Å². The van der Waals surface area contributed by atoms with Crippen molar-refractivity contribution >= 4 is 17.5 Å². The Bertz CT molecular complexity index is 1020. The molecule has 1 fully saturated rings. The van der Waals surface area contributed by atoms with Crippen molar-refractivity contribution in [3.05, 3.63) is 48.0 Å². The van der Waals surface area contributed by atoms with Crippen molar-refractivity contribution in [2.75, 3.05) is 38.3 Å². The Morgan fingerprint density at radius 1 is 1.28 bits per heavy atom. The molecule has 2 aliphatic rings. The van der Waals surface area contributed by atoms with Gasteiger partial charge in [-0.3, -0.25) is 9.59 Å². The zero-order valence-electron chi connectivity index (χ0n) is 18.0. The summed E-state index contributed by atoms with van der Waals surface area (Å²) in [5, 5.41) is 15.5. The number of nitriles is 1. The largest absolute Gasteiger partial charge is 0.482 e. The molecule has 32 heavy (non-hydrogen) atoms. The molecule has 4 rings (SSSR count). The molecule has 2 aliphatic heterocycles. The Morgan fingerprint density at radius 3 is 2.84 bits per heavy atom. The summed E-state index contributed by atoms with van der Waals surface area (Å²) in [7, 11) is 1.74. The van der Waals surface area contributed by atoms with Crippen LogP contribution in [0.5, 0.6) is 5.75 Å². The lowest BCUT2D eigenvalue weighted by molar-refractivity contribution is -0.132. The summed E-state index contributed by atoms with van der Waals surface area (Å²) in [6.45, 7) is 1.85. The SMILES string of the molecule is CN1C(=O)COc2ccc(-c3ccc(C[C@@H](C#N)NC(=O)C4CNCCCO4)cc3)cc21. The Kier molecular flexibility index (Phi) is 6.69. The van der Waals surface area contributed by atoms with Crippen LogP contribution in [0.15, 0.2) is 42.5 Å². The van der Waals surface area contributed by atoms with Gasteiger partial charge in [-0.05, 0) is 41.8 Å². The van der Waals surface area contributed by atoms with Gasteiger partial charge in [-0.2, -0.15) is 5.26 Å². The molecule has 0 spiro atoms. The zero-order valence-corrected chi connectivity index (χ0v) is 18.0.